The lowest BCUT2D eigenvalue weighted by Gasteiger charge is -2.34. The zero-order valence-corrected chi connectivity index (χ0v) is 21.8. The lowest BCUT2D eigenvalue weighted by atomic mass is 9.77. The van der Waals surface area contributed by atoms with Crippen LogP contribution in [-0.4, -0.2) is 29.2 Å². The molecule has 0 aliphatic rings. The predicted octanol–water partition coefficient (Wildman–Crippen LogP) is 3.90. The van der Waals surface area contributed by atoms with Crippen molar-refractivity contribution in [3.8, 4) is 0 Å². The molecule has 0 aliphatic carbocycles. The van der Waals surface area contributed by atoms with Gasteiger partial charge in [-0.1, -0.05) is 79.6 Å². The molecule has 0 bridgehead atoms. The van der Waals surface area contributed by atoms with E-state index in [2.05, 4.69) is 9.44 Å². The zero-order chi connectivity index (χ0) is 25.9. The number of aryl methyl sites for hydroxylation is 2. The van der Waals surface area contributed by atoms with Gasteiger partial charge in [-0.2, -0.15) is 0 Å². The van der Waals surface area contributed by atoms with Crippen LogP contribution in [-0.2, 0) is 24.8 Å². The summed E-state index contributed by atoms with van der Waals surface area (Å²) in [5, 5.41) is 0. The van der Waals surface area contributed by atoms with E-state index >= 15 is 0 Å². The number of hydrogen-bond acceptors (Lipinski definition) is 5. The fraction of sp³-hybridized carbons (Fsp3) is 0.269. The quantitative estimate of drug-likeness (QED) is 0.427. The Labute approximate surface area is 207 Å². The number of carbonyl (C=O) groups is 1. The number of rotatable bonds is 10. The molecule has 9 heteroatoms. The van der Waals surface area contributed by atoms with Crippen molar-refractivity contribution in [1.82, 2.24) is 9.44 Å². The van der Waals surface area contributed by atoms with Crippen LogP contribution in [0.2, 0.25) is 0 Å². The third kappa shape index (κ3) is 6.43. The number of sulfonamides is 2. The highest BCUT2D eigenvalue weighted by Gasteiger charge is 2.40. The first kappa shape index (κ1) is 26.7. The SMILES string of the molecule is Cc1ccc(S(=O)(=O)NCC(=O)C(C)(C)C(NS(=O)(=O)c2ccc(C)cc2)c2ccccc2)cc1. The molecule has 3 aromatic carbocycles. The summed E-state index contributed by atoms with van der Waals surface area (Å²) < 4.78 is 56.8. The van der Waals surface area contributed by atoms with Gasteiger partial charge in [0.05, 0.1) is 22.4 Å². The zero-order valence-electron chi connectivity index (χ0n) is 20.1. The van der Waals surface area contributed by atoms with Gasteiger partial charge in [-0.25, -0.2) is 26.3 Å². The highest BCUT2D eigenvalue weighted by molar-refractivity contribution is 7.89. The summed E-state index contributed by atoms with van der Waals surface area (Å²) in [6.07, 6.45) is 0. The third-order valence-electron chi connectivity index (χ3n) is 5.93. The molecule has 3 rings (SSSR count). The van der Waals surface area contributed by atoms with Gasteiger partial charge < -0.3 is 0 Å². The average Bonchev–Trinajstić information content (AvgIpc) is 2.82. The molecule has 0 aliphatic heterocycles. The number of Topliss-reactive ketones (excluding diaryl/α,β-unsaturated/α-hetero) is 1. The van der Waals surface area contributed by atoms with E-state index in [0.717, 1.165) is 11.1 Å². The first-order valence-electron chi connectivity index (χ1n) is 11.1. The van der Waals surface area contributed by atoms with E-state index in [4.69, 9.17) is 0 Å². The average molecular weight is 515 g/mol. The summed E-state index contributed by atoms with van der Waals surface area (Å²) in [4.78, 5) is 13.4. The molecule has 0 radical (unpaired) electrons. The van der Waals surface area contributed by atoms with Crippen molar-refractivity contribution in [2.24, 2.45) is 5.41 Å². The maximum absolute atomic E-state index is 13.3. The standard InChI is InChI=1S/C26H30N2O5S2/c1-19-10-14-22(15-11-19)34(30,31)27-18-24(29)26(3,4)25(21-8-6-5-7-9-21)28-35(32,33)23-16-12-20(2)13-17-23/h5-17,25,27-28H,18H2,1-4H3. The second-order valence-electron chi connectivity index (χ2n) is 9.06. The summed E-state index contributed by atoms with van der Waals surface area (Å²) in [7, 11) is -7.89. The molecule has 35 heavy (non-hydrogen) atoms. The molecule has 186 valence electrons. The molecule has 0 amide bonds. The Kier molecular flexibility index (Phi) is 7.96. The molecular weight excluding hydrogens is 484 g/mol. The summed E-state index contributed by atoms with van der Waals surface area (Å²) in [6, 6.07) is 20.5. The highest BCUT2D eigenvalue weighted by atomic mass is 32.2. The normalized spacial score (nSPS) is 13.4. The van der Waals surface area contributed by atoms with Crippen LogP contribution in [0.4, 0.5) is 0 Å². The van der Waals surface area contributed by atoms with Crippen molar-refractivity contribution in [3.05, 3.63) is 95.6 Å². The molecule has 1 atom stereocenters. The van der Waals surface area contributed by atoms with Gasteiger partial charge in [-0.05, 0) is 43.7 Å². The molecule has 0 heterocycles. The molecule has 0 saturated heterocycles. The number of benzene rings is 3. The van der Waals surface area contributed by atoms with Crippen LogP contribution < -0.4 is 9.44 Å². The molecule has 2 N–H and O–H groups in total. The van der Waals surface area contributed by atoms with Gasteiger partial charge in [-0.3, -0.25) is 4.79 Å². The lowest BCUT2D eigenvalue weighted by Crippen LogP contribution is -2.46. The minimum Gasteiger partial charge on any atom is -0.298 e. The summed E-state index contributed by atoms with van der Waals surface area (Å²) in [5.41, 5.74) is 1.13. The third-order valence-corrected chi connectivity index (χ3v) is 8.79. The van der Waals surface area contributed by atoms with Crippen LogP contribution >= 0.6 is 0 Å². The molecule has 0 fully saturated rings. The van der Waals surface area contributed by atoms with E-state index < -0.39 is 43.8 Å². The Morgan fingerprint density at radius 2 is 1.20 bits per heavy atom. The fourth-order valence-electron chi connectivity index (χ4n) is 3.57. The summed E-state index contributed by atoms with van der Waals surface area (Å²) in [5.74, 6) is -0.464. The first-order chi connectivity index (χ1) is 16.3. The Balaban J connectivity index is 1.88. The Morgan fingerprint density at radius 1 is 0.743 bits per heavy atom. The van der Waals surface area contributed by atoms with Crippen molar-refractivity contribution in [2.75, 3.05) is 6.54 Å². The number of nitrogens with one attached hydrogen (secondary N) is 2. The van der Waals surface area contributed by atoms with Gasteiger partial charge in [0.2, 0.25) is 20.0 Å². The minimum atomic E-state index is -3.97. The molecule has 0 saturated carbocycles. The van der Waals surface area contributed by atoms with Gasteiger partial charge in [0.25, 0.3) is 0 Å². The maximum Gasteiger partial charge on any atom is 0.241 e. The number of hydrogen-bond donors (Lipinski definition) is 2. The van der Waals surface area contributed by atoms with E-state index in [1.165, 1.54) is 24.3 Å². The Hall–Kier alpha value is -2.85. The van der Waals surface area contributed by atoms with Crippen LogP contribution in [0.15, 0.2) is 88.7 Å². The minimum absolute atomic E-state index is 0.0494. The maximum atomic E-state index is 13.3. The second kappa shape index (κ2) is 10.4. The molecule has 7 nitrogen and oxygen atoms in total. The topological polar surface area (TPSA) is 109 Å². The highest BCUT2D eigenvalue weighted by Crippen LogP contribution is 2.35. The van der Waals surface area contributed by atoms with Crippen molar-refractivity contribution in [3.63, 3.8) is 0 Å². The Morgan fingerprint density at radius 3 is 1.69 bits per heavy atom. The van der Waals surface area contributed by atoms with E-state index in [1.54, 1.807) is 68.4 Å². The van der Waals surface area contributed by atoms with Gasteiger partial charge in [0.1, 0.15) is 0 Å². The van der Waals surface area contributed by atoms with Crippen molar-refractivity contribution < 1.29 is 21.6 Å². The van der Waals surface area contributed by atoms with Gasteiger partial charge in [-0.15, -0.1) is 0 Å². The van der Waals surface area contributed by atoms with Crippen molar-refractivity contribution >= 4 is 25.8 Å². The summed E-state index contributed by atoms with van der Waals surface area (Å²) in [6.45, 7) is 6.42. The number of carbonyl (C=O) groups excluding carboxylic acids is 1. The molecule has 0 aromatic heterocycles. The molecular formula is C26H30N2O5S2. The lowest BCUT2D eigenvalue weighted by molar-refractivity contribution is -0.127. The van der Waals surface area contributed by atoms with Crippen LogP contribution in [0.1, 0.15) is 36.6 Å². The fourth-order valence-corrected chi connectivity index (χ4v) is 5.92. The van der Waals surface area contributed by atoms with E-state index in [1.807, 2.05) is 13.8 Å². The molecule has 1 unspecified atom stereocenters. The van der Waals surface area contributed by atoms with E-state index in [9.17, 15) is 21.6 Å². The molecule has 3 aromatic rings. The summed E-state index contributed by atoms with van der Waals surface area (Å²) >= 11 is 0. The van der Waals surface area contributed by atoms with Gasteiger partial charge in [0.15, 0.2) is 5.78 Å². The van der Waals surface area contributed by atoms with E-state index in [-0.39, 0.29) is 9.79 Å². The number of ketones is 1. The van der Waals surface area contributed by atoms with Crippen LogP contribution in [0.5, 0.6) is 0 Å². The van der Waals surface area contributed by atoms with Gasteiger partial charge in [0, 0.05) is 5.41 Å². The van der Waals surface area contributed by atoms with Crippen LogP contribution in [0.25, 0.3) is 0 Å². The second-order valence-corrected chi connectivity index (χ2v) is 12.5. The largest absolute Gasteiger partial charge is 0.298 e. The smallest absolute Gasteiger partial charge is 0.241 e. The predicted molar refractivity (Wildman–Crippen MR) is 136 cm³/mol. The van der Waals surface area contributed by atoms with Crippen LogP contribution in [0.3, 0.4) is 0 Å². The Bertz CT molecular complexity index is 1380. The van der Waals surface area contributed by atoms with Crippen molar-refractivity contribution in [2.45, 2.75) is 43.5 Å². The molecule has 0 spiro atoms. The van der Waals surface area contributed by atoms with Gasteiger partial charge >= 0.3 is 0 Å². The first-order valence-corrected chi connectivity index (χ1v) is 14.0. The van der Waals surface area contributed by atoms with E-state index in [0.29, 0.717) is 5.56 Å². The van der Waals surface area contributed by atoms with Crippen LogP contribution in [0, 0.1) is 19.3 Å². The monoisotopic (exact) mass is 514 g/mol. The van der Waals surface area contributed by atoms with Crippen molar-refractivity contribution in [1.29, 1.82) is 0 Å².